The summed E-state index contributed by atoms with van der Waals surface area (Å²) in [5, 5.41) is 12.8. The number of amides is 1. The molecule has 2 rings (SSSR count). The highest BCUT2D eigenvalue weighted by atomic mass is 79.9. The maximum atomic E-state index is 11.2. The van der Waals surface area contributed by atoms with Gasteiger partial charge in [-0.25, -0.2) is 0 Å². The standard InChI is InChI=1S/C11H10BrNO2/c1-7-6-10(14)13-11(7,15)8-2-4-9(12)5-3-8/h2-6,15H,1H3,(H,13,14)/t11-/m1/s1. The molecule has 0 radical (unpaired) electrons. The highest BCUT2D eigenvalue weighted by Crippen LogP contribution is 2.30. The van der Waals surface area contributed by atoms with Crippen molar-refractivity contribution in [1.29, 1.82) is 0 Å². The van der Waals surface area contributed by atoms with Gasteiger partial charge in [-0.3, -0.25) is 4.79 Å². The molecule has 1 atom stereocenters. The fourth-order valence-corrected chi connectivity index (χ4v) is 1.87. The van der Waals surface area contributed by atoms with E-state index in [0.29, 0.717) is 11.1 Å². The van der Waals surface area contributed by atoms with Crippen molar-refractivity contribution in [3.63, 3.8) is 0 Å². The molecule has 2 N–H and O–H groups in total. The van der Waals surface area contributed by atoms with Crippen molar-refractivity contribution in [3.05, 3.63) is 46.0 Å². The molecule has 1 heterocycles. The van der Waals surface area contributed by atoms with E-state index in [4.69, 9.17) is 0 Å². The molecule has 0 aromatic heterocycles. The highest BCUT2D eigenvalue weighted by molar-refractivity contribution is 9.10. The SMILES string of the molecule is CC1=CC(=O)N[C@]1(O)c1ccc(Br)cc1. The molecular formula is C11H10BrNO2. The van der Waals surface area contributed by atoms with E-state index in [1.165, 1.54) is 6.08 Å². The van der Waals surface area contributed by atoms with Crippen LogP contribution in [0.2, 0.25) is 0 Å². The van der Waals surface area contributed by atoms with Crippen LogP contribution in [0.1, 0.15) is 12.5 Å². The van der Waals surface area contributed by atoms with Crippen LogP contribution in [0.3, 0.4) is 0 Å². The maximum Gasteiger partial charge on any atom is 0.246 e. The molecule has 0 fully saturated rings. The van der Waals surface area contributed by atoms with Crippen molar-refractivity contribution < 1.29 is 9.90 Å². The van der Waals surface area contributed by atoms with Crippen molar-refractivity contribution in [1.82, 2.24) is 5.32 Å². The molecule has 0 spiro atoms. The number of rotatable bonds is 1. The van der Waals surface area contributed by atoms with Gasteiger partial charge in [-0.1, -0.05) is 28.1 Å². The Hall–Kier alpha value is -1.13. The van der Waals surface area contributed by atoms with Crippen LogP contribution < -0.4 is 5.32 Å². The van der Waals surface area contributed by atoms with Gasteiger partial charge in [0, 0.05) is 16.1 Å². The monoisotopic (exact) mass is 267 g/mol. The Bertz CT molecular complexity index is 438. The number of halogens is 1. The second-order valence-corrected chi connectivity index (χ2v) is 4.45. The topological polar surface area (TPSA) is 49.3 Å². The van der Waals surface area contributed by atoms with Gasteiger partial charge < -0.3 is 10.4 Å². The summed E-state index contributed by atoms with van der Waals surface area (Å²) in [7, 11) is 0. The largest absolute Gasteiger partial charge is 0.363 e. The predicted molar refractivity (Wildman–Crippen MR) is 59.9 cm³/mol. The molecule has 0 aliphatic carbocycles. The van der Waals surface area contributed by atoms with Crippen molar-refractivity contribution in [2.75, 3.05) is 0 Å². The molecule has 1 aliphatic heterocycles. The first-order valence-corrected chi connectivity index (χ1v) is 5.31. The lowest BCUT2D eigenvalue weighted by Crippen LogP contribution is -2.41. The van der Waals surface area contributed by atoms with E-state index in [1.807, 2.05) is 12.1 Å². The third kappa shape index (κ3) is 1.70. The Morgan fingerprint density at radius 3 is 2.40 bits per heavy atom. The van der Waals surface area contributed by atoms with Crippen LogP contribution in [0.15, 0.2) is 40.4 Å². The molecule has 15 heavy (non-hydrogen) atoms. The summed E-state index contributed by atoms with van der Waals surface area (Å²) < 4.78 is 0.931. The Labute approximate surface area is 95.9 Å². The summed E-state index contributed by atoms with van der Waals surface area (Å²) in [5.41, 5.74) is -0.0854. The number of nitrogens with one attached hydrogen (secondary N) is 1. The number of carbonyl (C=O) groups is 1. The molecule has 1 aromatic rings. The van der Waals surface area contributed by atoms with Crippen molar-refractivity contribution >= 4 is 21.8 Å². The van der Waals surface area contributed by atoms with Crippen LogP contribution in [0.5, 0.6) is 0 Å². The van der Waals surface area contributed by atoms with Gasteiger partial charge in [-0.05, 0) is 24.6 Å². The lowest BCUT2D eigenvalue weighted by Gasteiger charge is -2.25. The van der Waals surface area contributed by atoms with E-state index in [9.17, 15) is 9.90 Å². The number of aliphatic hydroxyl groups is 1. The lowest BCUT2D eigenvalue weighted by molar-refractivity contribution is -0.120. The quantitative estimate of drug-likeness (QED) is 0.814. The lowest BCUT2D eigenvalue weighted by atomic mass is 9.98. The normalized spacial score (nSPS) is 25.0. The number of benzene rings is 1. The average Bonchev–Trinajstić information content (AvgIpc) is 2.42. The van der Waals surface area contributed by atoms with Crippen LogP contribution in [0.25, 0.3) is 0 Å². The van der Waals surface area contributed by atoms with E-state index in [1.54, 1.807) is 19.1 Å². The minimum absolute atomic E-state index is 0.266. The molecule has 0 unspecified atom stereocenters. The molecular weight excluding hydrogens is 258 g/mol. The third-order valence-corrected chi connectivity index (χ3v) is 3.01. The fourth-order valence-electron chi connectivity index (χ4n) is 1.60. The van der Waals surface area contributed by atoms with Crippen LogP contribution >= 0.6 is 15.9 Å². The Morgan fingerprint density at radius 1 is 1.33 bits per heavy atom. The minimum atomic E-state index is -1.35. The number of carbonyl (C=O) groups excluding carboxylic acids is 1. The van der Waals surface area contributed by atoms with Crippen molar-refractivity contribution in [2.45, 2.75) is 12.6 Å². The molecule has 1 aromatic carbocycles. The van der Waals surface area contributed by atoms with Gasteiger partial charge >= 0.3 is 0 Å². The van der Waals surface area contributed by atoms with Crippen LogP contribution in [-0.4, -0.2) is 11.0 Å². The van der Waals surface area contributed by atoms with Crippen LogP contribution in [0.4, 0.5) is 0 Å². The first-order valence-electron chi connectivity index (χ1n) is 4.52. The average molecular weight is 268 g/mol. The maximum absolute atomic E-state index is 11.2. The van der Waals surface area contributed by atoms with Gasteiger partial charge in [0.2, 0.25) is 5.91 Å². The summed E-state index contributed by atoms with van der Waals surface area (Å²) >= 11 is 3.32. The van der Waals surface area contributed by atoms with Gasteiger partial charge in [0.1, 0.15) is 0 Å². The molecule has 0 bridgehead atoms. The van der Waals surface area contributed by atoms with Gasteiger partial charge in [-0.2, -0.15) is 0 Å². The molecule has 4 heteroatoms. The molecule has 78 valence electrons. The van der Waals surface area contributed by atoms with Crippen LogP contribution in [-0.2, 0) is 10.5 Å². The molecule has 1 amide bonds. The van der Waals surface area contributed by atoms with Gasteiger partial charge in [0.15, 0.2) is 5.72 Å². The molecule has 3 nitrogen and oxygen atoms in total. The second-order valence-electron chi connectivity index (χ2n) is 3.53. The second kappa shape index (κ2) is 3.47. The fraction of sp³-hybridized carbons (Fsp3) is 0.182. The molecule has 0 saturated carbocycles. The zero-order valence-electron chi connectivity index (χ0n) is 8.12. The third-order valence-electron chi connectivity index (χ3n) is 2.48. The van der Waals surface area contributed by atoms with Gasteiger partial charge in [0.25, 0.3) is 0 Å². The Morgan fingerprint density at radius 2 is 1.93 bits per heavy atom. The van der Waals surface area contributed by atoms with Gasteiger partial charge in [0.05, 0.1) is 0 Å². The summed E-state index contributed by atoms with van der Waals surface area (Å²) in [5.74, 6) is -0.266. The van der Waals surface area contributed by atoms with Crippen molar-refractivity contribution in [3.8, 4) is 0 Å². The van der Waals surface area contributed by atoms with E-state index in [-0.39, 0.29) is 5.91 Å². The molecule has 1 aliphatic rings. The highest BCUT2D eigenvalue weighted by Gasteiger charge is 2.37. The summed E-state index contributed by atoms with van der Waals surface area (Å²) in [4.78, 5) is 11.2. The Kier molecular flexibility index (Phi) is 2.40. The first kappa shape index (κ1) is 10.4. The zero-order chi connectivity index (χ0) is 11.1. The minimum Gasteiger partial charge on any atom is -0.363 e. The first-order chi connectivity index (χ1) is 7.02. The predicted octanol–water partition coefficient (Wildman–Crippen LogP) is 1.67. The molecule has 0 saturated heterocycles. The summed E-state index contributed by atoms with van der Waals surface area (Å²) in [6, 6.07) is 7.19. The van der Waals surface area contributed by atoms with E-state index < -0.39 is 5.72 Å². The van der Waals surface area contributed by atoms with E-state index in [0.717, 1.165) is 4.47 Å². The number of hydrogen-bond donors (Lipinski definition) is 2. The van der Waals surface area contributed by atoms with E-state index in [2.05, 4.69) is 21.2 Å². The zero-order valence-corrected chi connectivity index (χ0v) is 9.71. The van der Waals surface area contributed by atoms with E-state index >= 15 is 0 Å². The van der Waals surface area contributed by atoms with Crippen molar-refractivity contribution in [2.24, 2.45) is 0 Å². The van der Waals surface area contributed by atoms with Crippen LogP contribution in [0, 0.1) is 0 Å². The smallest absolute Gasteiger partial charge is 0.246 e. The Balaban J connectivity index is 2.43. The van der Waals surface area contributed by atoms with Gasteiger partial charge in [-0.15, -0.1) is 0 Å². The summed E-state index contributed by atoms with van der Waals surface area (Å²) in [6.45, 7) is 1.72. The summed E-state index contributed by atoms with van der Waals surface area (Å²) in [6.07, 6.45) is 1.40. The number of hydrogen-bond acceptors (Lipinski definition) is 2.